The van der Waals surface area contributed by atoms with Crippen LogP contribution < -0.4 is 15.4 Å². The Labute approximate surface area is 175 Å². The molecule has 0 radical (unpaired) electrons. The van der Waals surface area contributed by atoms with E-state index in [2.05, 4.69) is 20.8 Å². The molecule has 0 spiro atoms. The molecule has 0 bridgehead atoms. The minimum atomic E-state index is -0.208. The van der Waals surface area contributed by atoms with Crippen LogP contribution in [-0.2, 0) is 11.3 Å². The standard InChI is InChI=1S/C23H24N4O3/c28-23(25-19-12-14-29-15-13-19)21-10-11-22(27-26-21)24-18-6-8-20(9-7-18)30-16-17-4-2-1-3-5-17/h1-11,19H,12-16H2,(H,24,27)(H,25,28). The molecule has 2 aromatic carbocycles. The largest absolute Gasteiger partial charge is 0.489 e. The molecular weight excluding hydrogens is 380 g/mol. The van der Waals surface area contributed by atoms with Crippen LogP contribution in [0.1, 0.15) is 28.9 Å². The van der Waals surface area contributed by atoms with Crippen LogP contribution in [0.15, 0.2) is 66.7 Å². The maximum Gasteiger partial charge on any atom is 0.272 e. The number of nitrogens with zero attached hydrogens (tertiary/aromatic N) is 2. The van der Waals surface area contributed by atoms with Crippen LogP contribution in [0.2, 0.25) is 0 Å². The quantitative estimate of drug-likeness (QED) is 0.624. The van der Waals surface area contributed by atoms with Gasteiger partial charge in [0.05, 0.1) is 0 Å². The van der Waals surface area contributed by atoms with Crippen molar-refractivity contribution >= 4 is 17.4 Å². The van der Waals surface area contributed by atoms with Crippen LogP contribution in [0, 0.1) is 0 Å². The summed E-state index contributed by atoms with van der Waals surface area (Å²) in [7, 11) is 0. The zero-order valence-electron chi connectivity index (χ0n) is 16.6. The molecule has 2 heterocycles. The zero-order valence-corrected chi connectivity index (χ0v) is 16.6. The number of rotatable bonds is 7. The lowest BCUT2D eigenvalue weighted by molar-refractivity contribution is 0.0693. The van der Waals surface area contributed by atoms with E-state index in [1.165, 1.54) is 0 Å². The van der Waals surface area contributed by atoms with Gasteiger partial charge in [0.25, 0.3) is 5.91 Å². The van der Waals surface area contributed by atoms with Crippen molar-refractivity contribution in [2.45, 2.75) is 25.5 Å². The van der Waals surface area contributed by atoms with E-state index in [0.29, 0.717) is 31.3 Å². The highest BCUT2D eigenvalue weighted by atomic mass is 16.5. The van der Waals surface area contributed by atoms with Crippen molar-refractivity contribution < 1.29 is 14.3 Å². The topological polar surface area (TPSA) is 85.4 Å². The Morgan fingerprint density at radius 1 is 0.967 bits per heavy atom. The van der Waals surface area contributed by atoms with Gasteiger partial charge in [-0.15, -0.1) is 10.2 Å². The number of benzene rings is 2. The zero-order chi connectivity index (χ0) is 20.6. The van der Waals surface area contributed by atoms with Gasteiger partial charge in [-0.25, -0.2) is 0 Å². The Bertz CT molecular complexity index is 940. The second-order valence-electron chi connectivity index (χ2n) is 7.09. The molecule has 7 heteroatoms. The third-order valence-corrected chi connectivity index (χ3v) is 4.83. The maximum atomic E-state index is 12.3. The van der Waals surface area contributed by atoms with E-state index in [0.717, 1.165) is 29.8 Å². The van der Waals surface area contributed by atoms with E-state index in [9.17, 15) is 4.79 Å². The number of hydrogen-bond donors (Lipinski definition) is 2. The molecule has 7 nitrogen and oxygen atoms in total. The summed E-state index contributed by atoms with van der Waals surface area (Å²) >= 11 is 0. The highest BCUT2D eigenvalue weighted by Gasteiger charge is 2.18. The molecule has 1 amide bonds. The SMILES string of the molecule is O=C(NC1CCOCC1)c1ccc(Nc2ccc(OCc3ccccc3)cc2)nn1. The van der Waals surface area contributed by atoms with Crippen molar-refractivity contribution in [3.63, 3.8) is 0 Å². The number of carbonyl (C=O) groups is 1. The van der Waals surface area contributed by atoms with Gasteiger partial charge in [0.1, 0.15) is 12.4 Å². The summed E-state index contributed by atoms with van der Waals surface area (Å²) in [6, 6.07) is 21.2. The molecule has 3 aromatic rings. The number of carbonyl (C=O) groups excluding carboxylic acids is 1. The summed E-state index contributed by atoms with van der Waals surface area (Å²) in [5, 5.41) is 14.3. The van der Waals surface area contributed by atoms with E-state index in [1.807, 2.05) is 54.6 Å². The molecule has 1 aliphatic rings. The number of ether oxygens (including phenoxy) is 2. The average Bonchev–Trinajstić information content (AvgIpc) is 2.80. The van der Waals surface area contributed by atoms with Gasteiger partial charge in [-0.3, -0.25) is 4.79 Å². The lowest BCUT2D eigenvalue weighted by Crippen LogP contribution is -2.39. The third kappa shape index (κ3) is 5.55. The summed E-state index contributed by atoms with van der Waals surface area (Å²) in [4.78, 5) is 12.3. The normalized spacial score (nSPS) is 14.1. The second-order valence-corrected chi connectivity index (χ2v) is 7.09. The third-order valence-electron chi connectivity index (χ3n) is 4.83. The summed E-state index contributed by atoms with van der Waals surface area (Å²) in [5.41, 5.74) is 2.28. The fourth-order valence-corrected chi connectivity index (χ4v) is 3.14. The molecule has 1 fully saturated rings. The average molecular weight is 404 g/mol. The van der Waals surface area contributed by atoms with E-state index in [-0.39, 0.29) is 11.9 Å². The Morgan fingerprint density at radius 2 is 1.73 bits per heavy atom. The molecule has 1 saturated heterocycles. The Kier molecular flexibility index (Phi) is 6.51. The molecular formula is C23H24N4O3. The van der Waals surface area contributed by atoms with Gasteiger partial charge in [-0.2, -0.15) is 0 Å². The van der Waals surface area contributed by atoms with Crippen molar-refractivity contribution in [3.05, 3.63) is 78.0 Å². The van der Waals surface area contributed by atoms with Gasteiger partial charge in [-0.1, -0.05) is 30.3 Å². The van der Waals surface area contributed by atoms with Gasteiger partial charge in [0.15, 0.2) is 11.5 Å². The molecule has 4 rings (SSSR count). The molecule has 0 aliphatic carbocycles. The van der Waals surface area contributed by atoms with Crippen LogP contribution >= 0.6 is 0 Å². The van der Waals surface area contributed by atoms with E-state index in [4.69, 9.17) is 9.47 Å². The number of aromatic nitrogens is 2. The fraction of sp³-hybridized carbons (Fsp3) is 0.261. The fourth-order valence-electron chi connectivity index (χ4n) is 3.14. The minimum absolute atomic E-state index is 0.133. The van der Waals surface area contributed by atoms with Gasteiger partial charge in [0.2, 0.25) is 0 Å². The molecule has 0 unspecified atom stereocenters. The van der Waals surface area contributed by atoms with E-state index in [1.54, 1.807) is 12.1 Å². The number of amides is 1. The molecule has 0 atom stereocenters. The van der Waals surface area contributed by atoms with Crippen molar-refractivity contribution in [2.75, 3.05) is 18.5 Å². The molecule has 2 N–H and O–H groups in total. The van der Waals surface area contributed by atoms with Crippen LogP contribution in [0.25, 0.3) is 0 Å². The summed E-state index contributed by atoms with van der Waals surface area (Å²) in [6.07, 6.45) is 1.65. The van der Waals surface area contributed by atoms with Crippen molar-refractivity contribution in [1.82, 2.24) is 15.5 Å². The molecule has 154 valence electrons. The van der Waals surface area contributed by atoms with Crippen molar-refractivity contribution in [3.8, 4) is 5.75 Å². The van der Waals surface area contributed by atoms with Gasteiger partial charge in [-0.05, 0) is 54.8 Å². The Morgan fingerprint density at radius 3 is 2.43 bits per heavy atom. The lowest BCUT2D eigenvalue weighted by Gasteiger charge is -2.22. The summed E-state index contributed by atoms with van der Waals surface area (Å²) < 4.78 is 11.1. The molecule has 1 aromatic heterocycles. The number of hydrogen-bond acceptors (Lipinski definition) is 6. The smallest absolute Gasteiger partial charge is 0.272 e. The summed E-state index contributed by atoms with van der Waals surface area (Å²) in [6.45, 7) is 1.88. The van der Waals surface area contributed by atoms with Crippen LogP contribution in [0.4, 0.5) is 11.5 Å². The maximum absolute atomic E-state index is 12.3. The van der Waals surface area contributed by atoms with Crippen LogP contribution in [0.3, 0.4) is 0 Å². The van der Waals surface area contributed by atoms with Gasteiger partial charge < -0.3 is 20.1 Å². The monoisotopic (exact) mass is 404 g/mol. The molecule has 1 aliphatic heterocycles. The van der Waals surface area contributed by atoms with Gasteiger partial charge >= 0.3 is 0 Å². The highest BCUT2D eigenvalue weighted by molar-refractivity contribution is 5.92. The number of nitrogens with one attached hydrogen (secondary N) is 2. The van der Waals surface area contributed by atoms with E-state index >= 15 is 0 Å². The Balaban J connectivity index is 1.29. The van der Waals surface area contributed by atoms with Gasteiger partial charge in [0, 0.05) is 24.9 Å². The second kappa shape index (κ2) is 9.84. The number of anilines is 2. The highest BCUT2D eigenvalue weighted by Crippen LogP contribution is 2.20. The predicted octanol–water partition coefficient (Wildman–Crippen LogP) is 3.71. The lowest BCUT2D eigenvalue weighted by atomic mass is 10.1. The first-order chi connectivity index (χ1) is 14.8. The van der Waals surface area contributed by atoms with E-state index < -0.39 is 0 Å². The summed E-state index contributed by atoms with van der Waals surface area (Å²) in [5.74, 6) is 1.15. The van der Waals surface area contributed by atoms with Crippen LogP contribution in [-0.4, -0.2) is 35.4 Å². The van der Waals surface area contributed by atoms with Crippen molar-refractivity contribution in [2.24, 2.45) is 0 Å². The van der Waals surface area contributed by atoms with Crippen LogP contribution in [0.5, 0.6) is 5.75 Å². The first kappa shape index (κ1) is 19.8. The first-order valence-corrected chi connectivity index (χ1v) is 10.0. The predicted molar refractivity (Wildman–Crippen MR) is 114 cm³/mol. The first-order valence-electron chi connectivity index (χ1n) is 10.0. The van der Waals surface area contributed by atoms with Crippen molar-refractivity contribution in [1.29, 1.82) is 0 Å². The Hall–Kier alpha value is -3.45. The minimum Gasteiger partial charge on any atom is -0.489 e. The molecule has 30 heavy (non-hydrogen) atoms. The molecule has 0 saturated carbocycles.